The number of carbonyl (C=O) groups is 2. The highest BCUT2D eigenvalue weighted by Crippen LogP contribution is 2.43. The number of rotatable bonds is 17. The number of benzene rings is 5. The van der Waals surface area contributed by atoms with Crippen LogP contribution in [0.15, 0.2) is 140 Å². The predicted octanol–water partition coefficient (Wildman–Crippen LogP) is 6.36. The zero-order chi connectivity index (χ0) is 43.1. The van der Waals surface area contributed by atoms with E-state index in [9.17, 15) is 14.7 Å². The Bertz CT molecular complexity index is 2560. The first kappa shape index (κ1) is 41.4. The van der Waals surface area contributed by atoms with Crippen LogP contribution in [-0.4, -0.2) is 82.8 Å². The molecule has 5 aromatic carbocycles. The van der Waals surface area contributed by atoms with E-state index in [-0.39, 0.29) is 48.1 Å². The standard InChI is InChI=1S/C47H44N6O9/c1-57-33-22-18-31(19-23-33)47(30-12-6-3-7-13-30,32-20-24-34(58-2)25-21-32)61-28-39-37(54)26-41(62-39)53-45-42(43(52-53)38(55)27-59-35-14-8-4-9-15-35)44(50-46(48)51-45)49-40(56)29-60-36-16-10-5-11-17-36/h3-25,37,39,41,54H,26-29H2,1-2H3,(H3,48,49,50,51,56)/t37-,39+,41-/m0/s1. The maximum atomic E-state index is 14.0. The van der Waals surface area contributed by atoms with Crippen molar-refractivity contribution in [3.05, 3.63) is 162 Å². The lowest BCUT2D eigenvalue weighted by Gasteiger charge is -2.37. The Morgan fingerprint density at radius 3 is 1.84 bits per heavy atom. The van der Waals surface area contributed by atoms with E-state index in [1.54, 1.807) is 62.8 Å². The molecule has 1 saturated heterocycles. The van der Waals surface area contributed by atoms with Crippen LogP contribution in [0, 0.1) is 0 Å². The highest BCUT2D eigenvalue weighted by molar-refractivity contribution is 6.12. The summed E-state index contributed by atoms with van der Waals surface area (Å²) in [7, 11) is 3.21. The fourth-order valence-corrected chi connectivity index (χ4v) is 7.40. The van der Waals surface area contributed by atoms with Crippen LogP contribution in [0.25, 0.3) is 11.0 Å². The normalized spacial score (nSPS) is 16.1. The number of hydrogen-bond acceptors (Lipinski definition) is 13. The number of carbonyl (C=O) groups excluding carboxylic acids is 2. The Kier molecular flexibility index (Phi) is 12.4. The van der Waals surface area contributed by atoms with Crippen LogP contribution < -0.4 is 30.0 Å². The molecule has 8 rings (SSSR count). The van der Waals surface area contributed by atoms with Gasteiger partial charge in [-0.3, -0.25) is 9.59 Å². The van der Waals surface area contributed by atoms with Crippen molar-refractivity contribution in [2.45, 2.75) is 30.5 Å². The van der Waals surface area contributed by atoms with E-state index in [4.69, 9.17) is 34.2 Å². The molecule has 2 aromatic heterocycles. The number of para-hydroxylation sites is 2. The Labute approximate surface area is 357 Å². The molecule has 4 N–H and O–H groups in total. The van der Waals surface area contributed by atoms with E-state index in [2.05, 4.69) is 20.4 Å². The summed E-state index contributed by atoms with van der Waals surface area (Å²) in [5.74, 6) is 0.931. The van der Waals surface area contributed by atoms with Gasteiger partial charge in [-0.05, 0) is 65.2 Å². The van der Waals surface area contributed by atoms with Crippen LogP contribution in [-0.2, 0) is 19.9 Å². The lowest BCUT2D eigenvalue weighted by molar-refractivity contribution is -0.118. The number of ketones is 1. The molecule has 0 saturated carbocycles. The van der Waals surface area contributed by atoms with Gasteiger partial charge in [-0.15, -0.1) is 0 Å². The number of anilines is 2. The van der Waals surface area contributed by atoms with Crippen molar-refractivity contribution in [3.8, 4) is 23.0 Å². The molecule has 1 aliphatic rings. The predicted molar refractivity (Wildman–Crippen MR) is 229 cm³/mol. The second-order valence-corrected chi connectivity index (χ2v) is 14.3. The summed E-state index contributed by atoms with van der Waals surface area (Å²) in [4.78, 5) is 36.0. The summed E-state index contributed by atoms with van der Waals surface area (Å²) in [6.07, 6.45) is -2.84. The molecule has 3 atom stereocenters. The molecule has 3 heterocycles. The van der Waals surface area contributed by atoms with Crippen LogP contribution in [0.1, 0.15) is 39.8 Å². The first-order valence-corrected chi connectivity index (χ1v) is 19.8. The number of methoxy groups -OCH3 is 2. The van der Waals surface area contributed by atoms with Crippen molar-refractivity contribution in [2.75, 3.05) is 45.1 Å². The number of Topliss-reactive ketones (excluding diaryl/α,β-unsaturated/α-hetero) is 1. The third-order valence-electron chi connectivity index (χ3n) is 10.4. The highest BCUT2D eigenvalue weighted by Gasteiger charge is 2.43. The minimum atomic E-state index is -1.18. The maximum absolute atomic E-state index is 14.0. The Morgan fingerprint density at radius 2 is 1.27 bits per heavy atom. The minimum absolute atomic E-state index is 0.0406. The van der Waals surface area contributed by atoms with Gasteiger partial charge in [0.1, 0.15) is 46.2 Å². The Balaban J connectivity index is 1.12. The molecule has 0 radical (unpaired) electrons. The number of nitrogen functional groups attached to an aromatic ring is 1. The van der Waals surface area contributed by atoms with Crippen molar-refractivity contribution in [1.82, 2.24) is 19.7 Å². The lowest BCUT2D eigenvalue weighted by Crippen LogP contribution is -2.38. The van der Waals surface area contributed by atoms with E-state index in [1.807, 2.05) is 91.0 Å². The smallest absolute Gasteiger partial charge is 0.263 e. The largest absolute Gasteiger partial charge is 0.497 e. The fourth-order valence-electron chi connectivity index (χ4n) is 7.40. The van der Waals surface area contributed by atoms with E-state index >= 15 is 0 Å². The molecule has 15 heteroatoms. The van der Waals surface area contributed by atoms with Gasteiger partial charge in [0.2, 0.25) is 11.7 Å². The van der Waals surface area contributed by atoms with Gasteiger partial charge in [0.15, 0.2) is 25.1 Å². The Hall–Kier alpha value is -7.33. The van der Waals surface area contributed by atoms with Crippen molar-refractivity contribution in [3.63, 3.8) is 0 Å². The van der Waals surface area contributed by atoms with Crippen LogP contribution in [0.3, 0.4) is 0 Å². The van der Waals surface area contributed by atoms with Crippen molar-refractivity contribution in [2.24, 2.45) is 0 Å². The SMILES string of the molecule is COc1ccc(C(OC[C@H]2O[C@H](n3nc(C(=O)COc4ccccc4)c4c(NC(=O)COc5ccccc5)nc(N)nc43)C[C@@H]2O)(c2ccccc2)c2ccc(OC)cc2)cc1. The molecule has 1 amide bonds. The molecule has 15 nitrogen and oxygen atoms in total. The van der Waals surface area contributed by atoms with Crippen molar-refractivity contribution < 1.29 is 43.1 Å². The molecule has 0 bridgehead atoms. The quantitative estimate of drug-likeness (QED) is 0.0679. The van der Waals surface area contributed by atoms with Crippen LogP contribution >= 0.6 is 0 Å². The second-order valence-electron chi connectivity index (χ2n) is 14.3. The van der Waals surface area contributed by atoms with Crippen molar-refractivity contribution in [1.29, 1.82) is 0 Å². The highest BCUT2D eigenvalue weighted by atomic mass is 16.6. The molecular formula is C47H44N6O9. The summed E-state index contributed by atoms with van der Waals surface area (Å²) in [6.45, 7) is -0.838. The topological polar surface area (TPSA) is 191 Å². The van der Waals surface area contributed by atoms with Gasteiger partial charge in [0, 0.05) is 6.42 Å². The van der Waals surface area contributed by atoms with Crippen molar-refractivity contribution >= 4 is 34.5 Å². The van der Waals surface area contributed by atoms with Gasteiger partial charge in [-0.1, -0.05) is 91.0 Å². The van der Waals surface area contributed by atoms with Gasteiger partial charge in [-0.25, -0.2) is 4.68 Å². The van der Waals surface area contributed by atoms with E-state index < -0.39 is 42.3 Å². The molecule has 316 valence electrons. The van der Waals surface area contributed by atoms with Gasteiger partial charge in [0.05, 0.1) is 32.3 Å². The number of ether oxygens (including phenoxy) is 6. The number of amides is 1. The summed E-state index contributed by atoms with van der Waals surface area (Å²) >= 11 is 0. The maximum Gasteiger partial charge on any atom is 0.263 e. The molecule has 7 aromatic rings. The number of hydrogen-bond donors (Lipinski definition) is 3. The van der Waals surface area contributed by atoms with Gasteiger partial charge in [0.25, 0.3) is 5.91 Å². The molecule has 1 fully saturated rings. The minimum Gasteiger partial charge on any atom is -0.497 e. The monoisotopic (exact) mass is 836 g/mol. The Morgan fingerprint density at radius 1 is 0.742 bits per heavy atom. The molecule has 0 spiro atoms. The first-order valence-electron chi connectivity index (χ1n) is 19.8. The van der Waals surface area contributed by atoms with E-state index in [0.717, 1.165) is 16.7 Å². The molecule has 0 unspecified atom stereocenters. The number of nitrogens with one attached hydrogen (secondary N) is 1. The third kappa shape index (κ3) is 8.76. The zero-order valence-electron chi connectivity index (χ0n) is 33.9. The molecular weight excluding hydrogens is 793 g/mol. The molecule has 62 heavy (non-hydrogen) atoms. The number of nitrogens with two attached hydrogens (primary N) is 1. The summed E-state index contributed by atoms with van der Waals surface area (Å²) < 4.78 is 37.4. The van der Waals surface area contributed by atoms with Gasteiger partial charge >= 0.3 is 0 Å². The average molecular weight is 837 g/mol. The summed E-state index contributed by atoms with van der Waals surface area (Å²) in [5, 5.41) is 19.2. The van der Waals surface area contributed by atoms with E-state index in [0.29, 0.717) is 23.0 Å². The molecule has 1 aliphatic heterocycles. The van der Waals surface area contributed by atoms with Gasteiger partial charge < -0.3 is 44.6 Å². The van der Waals surface area contributed by atoms with Crippen LogP contribution in [0.2, 0.25) is 0 Å². The van der Waals surface area contributed by atoms with Crippen LogP contribution in [0.5, 0.6) is 23.0 Å². The average Bonchev–Trinajstić information content (AvgIpc) is 3.89. The van der Waals surface area contributed by atoms with E-state index in [1.165, 1.54) is 4.68 Å². The summed E-state index contributed by atoms with van der Waals surface area (Å²) in [5.41, 5.74) is 7.46. The number of aromatic nitrogens is 4. The number of nitrogens with zero attached hydrogens (tertiary/aromatic N) is 4. The third-order valence-corrected chi connectivity index (χ3v) is 10.4. The molecule has 0 aliphatic carbocycles. The second kappa shape index (κ2) is 18.5. The number of aliphatic hydroxyl groups is 1. The lowest BCUT2D eigenvalue weighted by atomic mass is 9.80. The first-order chi connectivity index (χ1) is 30.2. The van der Waals surface area contributed by atoms with Gasteiger partial charge in [-0.2, -0.15) is 15.1 Å². The number of aliphatic hydroxyl groups excluding tert-OH is 1. The fraction of sp³-hybridized carbons (Fsp3) is 0.213. The summed E-state index contributed by atoms with van der Waals surface area (Å²) in [6, 6.07) is 42.6. The van der Waals surface area contributed by atoms with Crippen LogP contribution in [0.4, 0.5) is 11.8 Å². The zero-order valence-corrected chi connectivity index (χ0v) is 33.9. The number of fused-ring (bicyclic) bond motifs is 1.